The van der Waals surface area contributed by atoms with E-state index < -0.39 is 0 Å². The zero-order valence-electron chi connectivity index (χ0n) is 13.1. The summed E-state index contributed by atoms with van der Waals surface area (Å²) < 4.78 is 1.42. The predicted molar refractivity (Wildman–Crippen MR) is 95.3 cm³/mol. The Morgan fingerprint density at radius 3 is 2.71 bits per heavy atom. The minimum atomic E-state index is -0.305. The predicted octanol–water partition coefficient (Wildman–Crippen LogP) is 3.13. The van der Waals surface area contributed by atoms with Crippen LogP contribution in [0.4, 0.5) is 0 Å². The second kappa shape index (κ2) is 6.85. The Balaban J connectivity index is 2.13. The Morgan fingerprint density at radius 2 is 2.08 bits per heavy atom. The Labute approximate surface area is 152 Å². The van der Waals surface area contributed by atoms with Crippen LogP contribution in [-0.4, -0.2) is 49.9 Å². The Bertz CT molecular complexity index is 880. The third-order valence-corrected chi connectivity index (χ3v) is 5.52. The first kappa shape index (κ1) is 17.4. The zero-order valence-corrected chi connectivity index (χ0v) is 15.4. The Morgan fingerprint density at radius 1 is 1.33 bits per heavy atom. The maximum atomic E-state index is 10.6. The molecule has 0 aliphatic heterocycles. The summed E-state index contributed by atoms with van der Waals surface area (Å²) in [6.45, 7) is 2.19. The van der Waals surface area contributed by atoms with Crippen molar-refractivity contribution in [2.75, 3.05) is 20.2 Å². The lowest BCUT2D eigenvalue weighted by atomic mass is 10.0. The van der Waals surface area contributed by atoms with Gasteiger partial charge in [-0.15, -0.1) is 5.10 Å². The van der Waals surface area contributed by atoms with E-state index in [-0.39, 0.29) is 18.5 Å². The summed E-state index contributed by atoms with van der Waals surface area (Å²) in [5, 5.41) is 25.0. The summed E-state index contributed by atoms with van der Waals surface area (Å²) in [7, 11) is 1.87. The number of thiazole rings is 1. The third-order valence-electron chi connectivity index (χ3n) is 3.71. The van der Waals surface area contributed by atoms with Crippen molar-refractivity contribution < 1.29 is 10.2 Å². The highest BCUT2D eigenvalue weighted by molar-refractivity contribution is 7.17. The quantitative estimate of drug-likeness (QED) is 0.704. The lowest BCUT2D eigenvalue weighted by molar-refractivity contribution is 0.196. The van der Waals surface area contributed by atoms with Gasteiger partial charge in [0.2, 0.25) is 10.8 Å². The van der Waals surface area contributed by atoms with Crippen LogP contribution in [0.1, 0.15) is 22.3 Å². The summed E-state index contributed by atoms with van der Waals surface area (Å²) in [5.74, 6) is 0.634. The van der Waals surface area contributed by atoms with Gasteiger partial charge >= 0.3 is 0 Å². The van der Waals surface area contributed by atoms with Crippen molar-refractivity contribution in [2.45, 2.75) is 13.0 Å². The number of rotatable bonds is 5. The fraction of sp³-hybridized carbons (Fsp3) is 0.333. The van der Waals surface area contributed by atoms with Gasteiger partial charge in [0.05, 0.1) is 27.6 Å². The number of hydrogen-bond acceptors (Lipinski definition) is 6. The van der Waals surface area contributed by atoms with Crippen LogP contribution in [0.15, 0.2) is 18.2 Å². The van der Waals surface area contributed by atoms with Crippen molar-refractivity contribution >= 4 is 39.5 Å². The molecule has 0 aliphatic rings. The minimum absolute atomic E-state index is 0.00501. The first-order chi connectivity index (χ1) is 11.4. The van der Waals surface area contributed by atoms with E-state index in [1.54, 1.807) is 19.1 Å². The first-order valence-electron chi connectivity index (χ1n) is 7.23. The average molecular weight is 387 g/mol. The molecule has 0 bridgehead atoms. The highest BCUT2D eigenvalue weighted by Crippen LogP contribution is 2.40. The van der Waals surface area contributed by atoms with E-state index >= 15 is 0 Å². The van der Waals surface area contributed by atoms with Crippen LogP contribution < -0.4 is 0 Å². The molecule has 0 saturated carbocycles. The van der Waals surface area contributed by atoms with Crippen molar-refractivity contribution in [2.24, 2.45) is 0 Å². The third kappa shape index (κ3) is 3.10. The van der Waals surface area contributed by atoms with Crippen molar-refractivity contribution in [3.05, 3.63) is 44.5 Å². The average Bonchev–Trinajstić information content (AvgIpc) is 3.02. The number of aliphatic hydroxyl groups excluding tert-OH is 1. The Kier molecular flexibility index (Phi) is 4.98. The summed E-state index contributed by atoms with van der Waals surface area (Å²) in [5.41, 5.74) is 0.858. The van der Waals surface area contributed by atoms with Gasteiger partial charge in [-0.05, 0) is 31.7 Å². The molecule has 0 amide bonds. The number of aromatic hydroxyl groups is 1. The number of aryl methyl sites for hydroxylation is 1. The van der Waals surface area contributed by atoms with Gasteiger partial charge in [-0.2, -0.15) is 4.52 Å². The summed E-state index contributed by atoms with van der Waals surface area (Å²) in [6, 6.07) is 5.04. The van der Waals surface area contributed by atoms with Crippen molar-refractivity contribution in [1.29, 1.82) is 0 Å². The van der Waals surface area contributed by atoms with Gasteiger partial charge < -0.3 is 10.2 Å². The molecule has 9 heteroatoms. The number of nitrogens with zero attached hydrogens (tertiary/aromatic N) is 4. The molecule has 24 heavy (non-hydrogen) atoms. The fourth-order valence-corrected chi connectivity index (χ4v) is 4.10. The molecule has 0 saturated heterocycles. The number of halogens is 2. The molecule has 1 atom stereocenters. The van der Waals surface area contributed by atoms with E-state index in [4.69, 9.17) is 23.2 Å². The van der Waals surface area contributed by atoms with E-state index in [2.05, 4.69) is 10.1 Å². The van der Waals surface area contributed by atoms with E-state index in [0.29, 0.717) is 32.3 Å². The second-order valence-electron chi connectivity index (χ2n) is 5.42. The minimum Gasteiger partial charge on any atom is -0.492 e. The van der Waals surface area contributed by atoms with Crippen molar-refractivity contribution in [1.82, 2.24) is 19.5 Å². The number of aromatic nitrogens is 3. The number of likely N-dealkylation sites (N-methyl/N-ethyl adjacent to an activating group) is 1. The molecule has 0 fully saturated rings. The van der Waals surface area contributed by atoms with E-state index in [0.717, 1.165) is 5.56 Å². The number of benzene rings is 1. The van der Waals surface area contributed by atoms with Crippen LogP contribution in [0.25, 0.3) is 4.96 Å². The van der Waals surface area contributed by atoms with Gasteiger partial charge in [-0.25, -0.2) is 4.98 Å². The highest BCUT2D eigenvalue weighted by atomic mass is 35.5. The SMILES string of the molecule is Cc1nc2sc(C(c3ccc(Cl)c(Cl)c3)N(C)CCO)c(O)n2n1. The smallest absolute Gasteiger partial charge is 0.230 e. The summed E-state index contributed by atoms with van der Waals surface area (Å²) in [6.07, 6.45) is 0. The lowest BCUT2D eigenvalue weighted by Crippen LogP contribution is -2.28. The van der Waals surface area contributed by atoms with Gasteiger partial charge in [0, 0.05) is 6.54 Å². The van der Waals surface area contributed by atoms with Crippen LogP contribution in [0, 0.1) is 6.92 Å². The van der Waals surface area contributed by atoms with E-state index in [1.807, 2.05) is 18.0 Å². The van der Waals surface area contributed by atoms with Crippen LogP contribution in [0.5, 0.6) is 5.88 Å². The monoisotopic (exact) mass is 386 g/mol. The molecule has 128 valence electrons. The zero-order chi connectivity index (χ0) is 17.4. The number of hydrogen-bond donors (Lipinski definition) is 2. The molecule has 0 aliphatic carbocycles. The number of fused-ring (bicyclic) bond motifs is 1. The molecule has 0 radical (unpaired) electrons. The summed E-state index contributed by atoms with van der Waals surface area (Å²) in [4.78, 5) is 7.52. The maximum Gasteiger partial charge on any atom is 0.230 e. The molecule has 2 N–H and O–H groups in total. The lowest BCUT2D eigenvalue weighted by Gasteiger charge is -2.27. The van der Waals surface area contributed by atoms with Crippen LogP contribution in [-0.2, 0) is 0 Å². The largest absolute Gasteiger partial charge is 0.492 e. The molecule has 1 aromatic carbocycles. The standard InChI is InChI=1S/C15H16Cl2N4O2S/c1-8-18-15-21(19-8)14(23)13(24-15)12(20(2)5-6-22)9-3-4-10(16)11(17)7-9/h3-4,7,12,22-23H,5-6H2,1-2H3. The molecule has 6 nitrogen and oxygen atoms in total. The van der Waals surface area contributed by atoms with Gasteiger partial charge in [-0.1, -0.05) is 40.6 Å². The molecular formula is C15H16Cl2N4O2S. The molecule has 2 aromatic heterocycles. The van der Waals surface area contributed by atoms with Gasteiger partial charge in [-0.3, -0.25) is 4.90 Å². The second-order valence-corrected chi connectivity index (χ2v) is 7.25. The summed E-state index contributed by atoms with van der Waals surface area (Å²) >= 11 is 13.5. The van der Waals surface area contributed by atoms with Crippen molar-refractivity contribution in [3.63, 3.8) is 0 Å². The molecule has 3 rings (SSSR count). The van der Waals surface area contributed by atoms with Crippen LogP contribution in [0.2, 0.25) is 10.0 Å². The molecule has 2 heterocycles. The molecule has 3 aromatic rings. The molecular weight excluding hydrogens is 371 g/mol. The number of aliphatic hydroxyl groups is 1. The normalized spacial score (nSPS) is 13.1. The van der Waals surface area contributed by atoms with Gasteiger partial charge in [0.1, 0.15) is 5.82 Å². The topological polar surface area (TPSA) is 73.9 Å². The van der Waals surface area contributed by atoms with E-state index in [9.17, 15) is 10.2 Å². The highest BCUT2D eigenvalue weighted by Gasteiger charge is 2.27. The van der Waals surface area contributed by atoms with Gasteiger partial charge in [0.25, 0.3) is 0 Å². The molecule has 0 spiro atoms. The van der Waals surface area contributed by atoms with Crippen molar-refractivity contribution in [3.8, 4) is 5.88 Å². The molecule has 1 unspecified atom stereocenters. The van der Waals surface area contributed by atoms with Crippen LogP contribution >= 0.6 is 34.5 Å². The van der Waals surface area contributed by atoms with Gasteiger partial charge in [0.15, 0.2) is 0 Å². The van der Waals surface area contributed by atoms with E-state index in [1.165, 1.54) is 15.9 Å². The Hall–Kier alpha value is -1.38. The fourth-order valence-electron chi connectivity index (χ4n) is 2.60. The maximum absolute atomic E-state index is 10.6. The van der Waals surface area contributed by atoms with Crippen LogP contribution in [0.3, 0.4) is 0 Å². The first-order valence-corrected chi connectivity index (χ1v) is 8.80.